The predicted molar refractivity (Wildman–Crippen MR) is 243 cm³/mol. The summed E-state index contributed by atoms with van der Waals surface area (Å²) in [6, 6.07) is 0. The monoisotopic (exact) mass is 847 g/mol. The maximum absolute atomic E-state index is 11.9. The second kappa shape index (κ2) is 44.7. The van der Waals surface area contributed by atoms with Gasteiger partial charge in [0.1, 0.15) is 11.2 Å². The molecule has 344 valence electrons. The van der Waals surface area contributed by atoms with Gasteiger partial charge in [0.15, 0.2) is 0 Å². The Labute approximate surface area is 380 Å². The van der Waals surface area contributed by atoms with E-state index in [2.05, 4.69) is 27.7 Å². The Hall–Kier alpha value is -1.35. The molecule has 0 rings (SSSR count). The molecular weight excluding hydrogens is 753 g/mol. The molecule has 0 spiro atoms. The molecule has 0 aromatic rings. The number of ether oxygens (including phenoxy) is 2. The van der Waals surface area contributed by atoms with Gasteiger partial charge in [-0.25, -0.2) is 0 Å². The Kier molecular flexibility index (Phi) is 46.9. The number of unbranched alkanes of at least 4 members (excludes halogenated alkanes) is 28. The van der Waals surface area contributed by atoms with Crippen molar-refractivity contribution in [2.75, 3.05) is 0 Å². The van der Waals surface area contributed by atoms with Crippen LogP contribution in [-0.2, 0) is 28.7 Å². The van der Waals surface area contributed by atoms with Gasteiger partial charge in [-0.2, -0.15) is 0 Å². The van der Waals surface area contributed by atoms with Crippen LogP contribution >= 0.6 is 0 Å². The fourth-order valence-corrected chi connectivity index (χ4v) is 7.84. The molecule has 0 bridgehead atoms. The quantitative estimate of drug-likeness (QED) is 0.0257. The Morgan fingerprint density at radius 1 is 0.339 bits per heavy atom. The second-order valence-corrected chi connectivity index (χ2v) is 17.8. The number of hydrogen-bond acceptors (Lipinski definition) is 8. The second-order valence-electron chi connectivity index (χ2n) is 17.8. The summed E-state index contributed by atoms with van der Waals surface area (Å²) in [5.41, 5.74) is -1.09. The van der Waals surface area contributed by atoms with Gasteiger partial charge in [-0.1, -0.05) is 207 Å². The van der Waals surface area contributed by atoms with Crippen LogP contribution in [0.2, 0.25) is 0 Å². The summed E-state index contributed by atoms with van der Waals surface area (Å²) < 4.78 is 11.2. The molecule has 0 amide bonds. The van der Waals surface area contributed by atoms with Crippen LogP contribution in [0, 0.1) is 0 Å². The molecule has 0 unspecified atom stereocenters. The summed E-state index contributed by atoms with van der Waals surface area (Å²) >= 11 is 0. The Morgan fingerprint density at radius 3 is 0.678 bits per heavy atom. The van der Waals surface area contributed by atoms with Crippen LogP contribution in [0.25, 0.3) is 0 Å². The SMILES string of the molecule is CCCCCCCCCCC(C)(CCCCCCCCCC)OC(=O)CC(=O)[O-].CCCCCCCCCCC(C)(CCCCCCCCCC)OC(=O)CC(=O)[O-].[Mg+2]. The average Bonchev–Trinajstić information content (AvgIpc) is 3.15. The first-order valence-electron chi connectivity index (χ1n) is 24.7. The molecule has 0 saturated heterocycles. The van der Waals surface area contributed by atoms with E-state index in [1.54, 1.807) is 0 Å². The van der Waals surface area contributed by atoms with Crippen molar-refractivity contribution in [3.8, 4) is 0 Å². The van der Waals surface area contributed by atoms with Crippen LogP contribution in [0.1, 0.15) is 286 Å². The van der Waals surface area contributed by atoms with Gasteiger partial charge in [-0.15, -0.1) is 0 Å². The van der Waals surface area contributed by atoms with E-state index in [-0.39, 0.29) is 23.1 Å². The first-order chi connectivity index (χ1) is 27.9. The predicted octanol–water partition coefficient (Wildman–Crippen LogP) is 12.6. The number of carboxylic acid groups (broad SMARTS) is 2. The maximum atomic E-state index is 11.9. The van der Waals surface area contributed by atoms with Gasteiger partial charge in [0.25, 0.3) is 0 Å². The minimum absolute atomic E-state index is 0. The normalized spacial score (nSPS) is 11.4. The molecule has 0 aromatic heterocycles. The molecule has 0 aliphatic carbocycles. The molecule has 0 aliphatic rings. The average molecular weight is 848 g/mol. The van der Waals surface area contributed by atoms with Gasteiger partial charge < -0.3 is 29.3 Å². The number of carboxylic acids is 2. The number of esters is 2. The van der Waals surface area contributed by atoms with Crippen LogP contribution in [0.5, 0.6) is 0 Å². The Balaban J connectivity index is -0.00000105. The zero-order chi connectivity index (χ0) is 43.6. The maximum Gasteiger partial charge on any atom is 2.00 e. The van der Waals surface area contributed by atoms with Crippen molar-refractivity contribution in [1.29, 1.82) is 0 Å². The third kappa shape index (κ3) is 46.0. The van der Waals surface area contributed by atoms with E-state index >= 15 is 0 Å². The van der Waals surface area contributed by atoms with E-state index < -0.39 is 47.9 Å². The number of rotatable bonds is 42. The summed E-state index contributed by atoms with van der Waals surface area (Å²) in [5.74, 6) is -4.05. The molecular formula is C50H94MgO8. The summed E-state index contributed by atoms with van der Waals surface area (Å²) in [6.45, 7) is 12.9. The van der Waals surface area contributed by atoms with Crippen LogP contribution in [-0.4, -0.2) is 58.1 Å². The van der Waals surface area contributed by atoms with Crippen molar-refractivity contribution >= 4 is 46.9 Å². The minimum Gasteiger partial charge on any atom is -0.550 e. The van der Waals surface area contributed by atoms with Gasteiger partial charge in [0.05, 0.1) is 24.8 Å². The summed E-state index contributed by atoms with van der Waals surface area (Å²) in [4.78, 5) is 45.2. The molecule has 9 heteroatoms. The van der Waals surface area contributed by atoms with Crippen molar-refractivity contribution in [2.24, 2.45) is 0 Å². The smallest absolute Gasteiger partial charge is 0.550 e. The molecule has 0 atom stereocenters. The van der Waals surface area contributed by atoms with Crippen LogP contribution in [0.15, 0.2) is 0 Å². The molecule has 0 aliphatic heterocycles. The summed E-state index contributed by atoms with van der Waals surface area (Å²) in [6.07, 6.45) is 41.6. The number of aliphatic carboxylic acids is 2. The summed E-state index contributed by atoms with van der Waals surface area (Å²) in [7, 11) is 0. The standard InChI is InChI=1S/2C25H48O4.Mg/c2*1-4-6-8-10-12-14-16-18-20-25(3,29-24(28)22-23(26)27)21-19-17-15-13-11-9-7-5-2;/h2*4-22H2,1-3H3,(H,26,27);/q;;+2/p-2. The third-order valence-electron chi connectivity index (χ3n) is 11.5. The van der Waals surface area contributed by atoms with Gasteiger partial charge in [-0.05, 0) is 65.2 Å². The molecule has 0 saturated carbocycles. The zero-order valence-corrected chi connectivity index (χ0v) is 41.3. The number of hydrogen-bond donors (Lipinski definition) is 0. The van der Waals surface area contributed by atoms with E-state index in [1.165, 1.54) is 154 Å². The van der Waals surface area contributed by atoms with Gasteiger partial charge in [0.2, 0.25) is 0 Å². The van der Waals surface area contributed by atoms with Crippen LogP contribution in [0.4, 0.5) is 0 Å². The van der Waals surface area contributed by atoms with E-state index in [0.29, 0.717) is 0 Å². The van der Waals surface area contributed by atoms with Crippen molar-refractivity contribution in [3.63, 3.8) is 0 Å². The van der Waals surface area contributed by atoms with Crippen LogP contribution in [0.3, 0.4) is 0 Å². The minimum atomic E-state index is -1.36. The molecule has 0 heterocycles. The third-order valence-corrected chi connectivity index (χ3v) is 11.5. The number of carbonyl (C=O) groups is 4. The molecule has 0 radical (unpaired) electrons. The Morgan fingerprint density at radius 2 is 0.508 bits per heavy atom. The van der Waals surface area contributed by atoms with Gasteiger partial charge >= 0.3 is 35.0 Å². The zero-order valence-electron chi connectivity index (χ0n) is 39.8. The Bertz CT molecular complexity index is 855. The van der Waals surface area contributed by atoms with E-state index in [9.17, 15) is 29.4 Å². The molecule has 59 heavy (non-hydrogen) atoms. The molecule has 0 fully saturated rings. The van der Waals surface area contributed by atoms with Crippen molar-refractivity contribution in [3.05, 3.63) is 0 Å². The first kappa shape index (κ1) is 61.9. The molecule has 0 aromatic carbocycles. The van der Waals surface area contributed by atoms with Crippen molar-refractivity contribution in [1.82, 2.24) is 0 Å². The van der Waals surface area contributed by atoms with Crippen LogP contribution < -0.4 is 10.2 Å². The largest absolute Gasteiger partial charge is 2.00 e. The summed E-state index contributed by atoms with van der Waals surface area (Å²) in [5, 5.41) is 21.4. The van der Waals surface area contributed by atoms with E-state index in [0.717, 1.165) is 77.0 Å². The fraction of sp³-hybridized carbons (Fsp3) is 0.920. The van der Waals surface area contributed by atoms with E-state index in [1.807, 2.05) is 13.8 Å². The fourth-order valence-electron chi connectivity index (χ4n) is 7.84. The van der Waals surface area contributed by atoms with Crippen molar-refractivity contribution in [2.45, 2.75) is 297 Å². The van der Waals surface area contributed by atoms with Gasteiger partial charge in [-0.3, -0.25) is 9.59 Å². The number of carbonyl (C=O) groups excluding carboxylic acids is 4. The van der Waals surface area contributed by atoms with E-state index in [4.69, 9.17) is 9.47 Å². The molecule has 8 nitrogen and oxygen atoms in total. The topological polar surface area (TPSA) is 133 Å². The van der Waals surface area contributed by atoms with Crippen molar-refractivity contribution < 1.29 is 38.9 Å². The van der Waals surface area contributed by atoms with Gasteiger partial charge in [0, 0.05) is 0 Å². The first-order valence-corrected chi connectivity index (χ1v) is 24.7. The molecule has 0 N–H and O–H groups in total.